The maximum Gasteiger partial charge on any atom is 0.243 e. The smallest absolute Gasteiger partial charge is 0.243 e. The molecular weight excluding hydrogens is 384 g/mol. The van der Waals surface area contributed by atoms with Crippen LogP contribution in [0.2, 0.25) is 0 Å². The summed E-state index contributed by atoms with van der Waals surface area (Å²) in [6.07, 6.45) is 1.99. The van der Waals surface area contributed by atoms with Crippen molar-refractivity contribution in [2.45, 2.75) is 17.7 Å². The number of rotatable bonds is 4. The molecule has 2 aliphatic rings. The second-order valence-corrected chi connectivity index (χ2v) is 9.53. The first-order chi connectivity index (χ1) is 14.1. The molecule has 0 amide bonds. The minimum Gasteiger partial charge on any atom is -0.495 e. The van der Waals surface area contributed by atoms with Crippen molar-refractivity contribution in [1.82, 2.24) is 4.31 Å². The summed E-state index contributed by atoms with van der Waals surface area (Å²) < 4.78 is 34.1. The summed E-state index contributed by atoms with van der Waals surface area (Å²) in [5, 5.41) is 2.01. The molecule has 0 saturated carbocycles. The van der Waals surface area contributed by atoms with Gasteiger partial charge in [-0.1, -0.05) is 36.4 Å². The average Bonchev–Trinajstić information content (AvgIpc) is 3.19. The zero-order valence-electron chi connectivity index (χ0n) is 16.5. The van der Waals surface area contributed by atoms with Crippen LogP contribution in [0, 0.1) is 0 Å². The number of methoxy groups -OCH3 is 1. The van der Waals surface area contributed by atoms with Crippen molar-refractivity contribution in [3.63, 3.8) is 0 Å². The van der Waals surface area contributed by atoms with Gasteiger partial charge in [-0.25, -0.2) is 8.42 Å². The number of hydrogen-bond donors (Lipinski definition) is 0. The maximum atomic E-state index is 13.5. The van der Waals surface area contributed by atoms with Gasteiger partial charge in [-0.3, -0.25) is 0 Å². The van der Waals surface area contributed by atoms with Crippen molar-refractivity contribution in [1.29, 1.82) is 0 Å². The number of sulfonamides is 1. The Morgan fingerprint density at radius 3 is 2.31 bits per heavy atom. The van der Waals surface area contributed by atoms with Crippen molar-refractivity contribution < 1.29 is 13.2 Å². The summed E-state index contributed by atoms with van der Waals surface area (Å²) >= 11 is 0. The quantitative estimate of drug-likeness (QED) is 0.663. The molecule has 1 heterocycles. The highest BCUT2D eigenvalue weighted by atomic mass is 32.2. The summed E-state index contributed by atoms with van der Waals surface area (Å²) in [7, 11) is -1.88. The van der Waals surface area contributed by atoms with E-state index < -0.39 is 10.0 Å². The molecule has 1 aliphatic heterocycles. The Balaban J connectivity index is 1.44. The van der Waals surface area contributed by atoms with E-state index in [1.807, 2.05) is 42.5 Å². The molecule has 0 N–H and O–H groups in total. The molecule has 1 fully saturated rings. The van der Waals surface area contributed by atoms with Gasteiger partial charge in [-0.15, -0.1) is 0 Å². The number of benzene rings is 3. The number of nitrogens with zero attached hydrogens (tertiary/aromatic N) is 2. The number of hydrogen-bond acceptors (Lipinski definition) is 4. The molecule has 150 valence electrons. The minimum atomic E-state index is -3.54. The number of anilines is 1. The fraction of sp³-hybridized carbons (Fsp3) is 0.304. The van der Waals surface area contributed by atoms with Crippen LogP contribution in [0.15, 0.2) is 59.5 Å². The van der Waals surface area contributed by atoms with Crippen molar-refractivity contribution in [3.8, 4) is 5.75 Å². The molecule has 0 unspecified atom stereocenters. The molecule has 6 heteroatoms. The highest BCUT2D eigenvalue weighted by Crippen LogP contribution is 2.36. The van der Waals surface area contributed by atoms with E-state index in [4.69, 9.17) is 4.74 Å². The molecule has 29 heavy (non-hydrogen) atoms. The van der Waals surface area contributed by atoms with Crippen LogP contribution in [0.25, 0.3) is 10.8 Å². The second kappa shape index (κ2) is 7.04. The van der Waals surface area contributed by atoms with Crippen LogP contribution < -0.4 is 9.64 Å². The standard InChI is InChI=1S/C23H24N2O3S/c1-28-21-8-3-2-7-20(21)24-13-15-25(16-14-24)29(26,27)22-12-11-18-10-9-17-5-4-6-19(22)23(17)18/h2-8,11-12H,9-10,13-16H2,1H3. The molecule has 0 spiro atoms. The minimum absolute atomic E-state index is 0.436. The summed E-state index contributed by atoms with van der Waals surface area (Å²) in [5.41, 5.74) is 3.53. The zero-order valence-corrected chi connectivity index (χ0v) is 17.3. The van der Waals surface area contributed by atoms with Gasteiger partial charge >= 0.3 is 0 Å². The van der Waals surface area contributed by atoms with Crippen LogP contribution in [0.4, 0.5) is 5.69 Å². The van der Waals surface area contributed by atoms with Gasteiger partial charge in [0.05, 0.1) is 17.7 Å². The predicted octanol–water partition coefficient (Wildman–Crippen LogP) is 3.46. The van der Waals surface area contributed by atoms with Crippen LogP contribution in [0.3, 0.4) is 0 Å². The highest BCUT2D eigenvalue weighted by molar-refractivity contribution is 7.89. The molecule has 1 aliphatic carbocycles. The SMILES string of the molecule is COc1ccccc1N1CCN(S(=O)(=O)c2ccc3c4c(cccc24)CC3)CC1. The third-order valence-corrected chi connectivity index (χ3v) is 8.08. The van der Waals surface area contributed by atoms with E-state index in [9.17, 15) is 8.42 Å². The van der Waals surface area contributed by atoms with E-state index in [1.54, 1.807) is 17.5 Å². The predicted molar refractivity (Wildman–Crippen MR) is 115 cm³/mol. The molecule has 5 nitrogen and oxygen atoms in total. The lowest BCUT2D eigenvalue weighted by Crippen LogP contribution is -2.48. The van der Waals surface area contributed by atoms with Crippen molar-refractivity contribution in [2.75, 3.05) is 38.2 Å². The summed E-state index contributed by atoms with van der Waals surface area (Å²) in [6, 6.07) is 17.7. The Morgan fingerprint density at radius 1 is 0.828 bits per heavy atom. The first kappa shape index (κ1) is 18.5. The summed E-state index contributed by atoms with van der Waals surface area (Å²) in [5.74, 6) is 0.816. The third-order valence-electron chi connectivity index (χ3n) is 6.12. The Hall–Kier alpha value is -2.57. The van der Waals surface area contributed by atoms with Gasteiger partial charge in [-0.2, -0.15) is 4.31 Å². The lowest BCUT2D eigenvalue weighted by atomic mass is 10.1. The molecule has 3 aromatic carbocycles. The Morgan fingerprint density at radius 2 is 1.55 bits per heavy atom. The lowest BCUT2D eigenvalue weighted by Gasteiger charge is -2.36. The maximum absolute atomic E-state index is 13.5. The summed E-state index contributed by atoms with van der Waals surface area (Å²) in [6.45, 7) is 2.20. The van der Waals surface area contributed by atoms with E-state index in [1.165, 1.54) is 11.1 Å². The Bertz CT molecular complexity index is 1170. The first-order valence-corrected chi connectivity index (χ1v) is 11.5. The van der Waals surface area contributed by atoms with E-state index in [0.29, 0.717) is 31.1 Å². The Labute approximate surface area is 171 Å². The van der Waals surface area contributed by atoms with Crippen LogP contribution in [-0.4, -0.2) is 46.0 Å². The zero-order chi connectivity index (χ0) is 20.0. The molecule has 0 bridgehead atoms. The molecule has 0 atom stereocenters. The van der Waals surface area contributed by atoms with E-state index in [-0.39, 0.29) is 0 Å². The van der Waals surface area contributed by atoms with Crippen molar-refractivity contribution in [2.24, 2.45) is 0 Å². The summed E-state index contributed by atoms with van der Waals surface area (Å²) in [4.78, 5) is 2.63. The Kier molecular flexibility index (Phi) is 4.48. The number of piperazine rings is 1. The first-order valence-electron chi connectivity index (χ1n) is 10.0. The molecule has 3 aromatic rings. The lowest BCUT2D eigenvalue weighted by molar-refractivity contribution is 0.378. The third kappa shape index (κ3) is 2.98. The van der Waals surface area contributed by atoms with Gasteiger partial charge in [0, 0.05) is 31.6 Å². The monoisotopic (exact) mass is 408 g/mol. The fourth-order valence-corrected chi connectivity index (χ4v) is 6.25. The molecular formula is C23H24N2O3S. The van der Waals surface area contributed by atoms with E-state index >= 15 is 0 Å². The molecule has 0 radical (unpaired) electrons. The van der Waals surface area contributed by atoms with Gasteiger partial charge in [0.25, 0.3) is 0 Å². The normalized spacial score (nSPS) is 17.1. The number of ether oxygens (including phenoxy) is 1. The molecule has 1 saturated heterocycles. The van der Waals surface area contributed by atoms with Crippen LogP contribution >= 0.6 is 0 Å². The van der Waals surface area contributed by atoms with Gasteiger partial charge in [0.15, 0.2) is 0 Å². The van der Waals surface area contributed by atoms with E-state index in [0.717, 1.165) is 35.1 Å². The highest BCUT2D eigenvalue weighted by Gasteiger charge is 2.31. The van der Waals surface area contributed by atoms with Crippen LogP contribution in [0.5, 0.6) is 5.75 Å². The molecule has 0 aromatic heterocycles. The topological polar surface area (TPSA) is 49.9 Å². The van der Waals surface area contributed by atoms with Crippen molar-refractivity contribution >= 4 is 26.5 Å². The van der Waals surface area contributed by atoms with E-state index in [2.05, 4.69) is 11.0 Å². The van der Waals surface area contributed by atoms with Gasteiger partial charge in [-0.05, 0) is 47.6 Å². The van der Waals surface area contributed by atoms with Crippen LogP contribution in [0.1, 0.15) is 11.1 Å². The largest absolute Gasteiger partial charge is 0.495 e. The fourth-order valence-electron chi connectivity index (χ4n) is 4.64. The van der Waals surface area contributed by atoms with Crippen molar-refractivity contribution in [3.05, 3.63) is 65.7 Å². The number of aryl methyl sites for hydroxylation is 2. The van der Waals surface area contributed by atoms with Gasteiger partial charge in [0.2, 0.25) is 10.0 Å². The second-order valence-electron chi connectivity index (χ2n) is 7.63. The number of para-hydroxylation sites is 2. The van der Waals surface area contributed by atoms with Crippen LogP contribution in [-0.2, 0) is 22.9 Å². The average molecular weight is 409 g/mol. The van der Waals surface area contributed by atoms with Gasteiger partial charge < -0.3 is 9.64 Å². The molecule has 5 rings (SSSR count). The van der Waals surface area contributed by atoms with Gasteiger partial charge in [0.1, 0.15) is 5.75 Å².